The Morgan fingerprint density at radius 2 is 1.92 bits per heavy atom. The van der Waals surface area contributed by atoms with Crippen LogP contribution in [0.3, 0.4) is 0 Å². The molecule has 1 amide bonds. The Kier molecular flexibility index (Phi) is 6.93. The van der Waals surface area contributed by atoms with Gasteiger partial charge in [0.2, 0.25) is 0 Å². The summed E-state index contributed by atoms with van der Waals surface area (Å²) in [7, 11) is 6.17. The van der Waals surface area contributed by atoms with Crippen LogP contribution in [0.15, 0.2) is 18.2 Å². The number of likely N-dealkylation sites (N-methyl/N-ethyl adjacent to an activating group) is 2. The zero-order valence-electron chi connectivity index (χ0n) is 15.7. The van der Waals surface area contributed by atoms with Gasteiger partial charge in [0.05, 0.1) is 0 Å². The van der Waals surface area contributed by atoms with E-state index in [0.29, 0.717) is 24.2 Å². The number of benzene rings is 1. The summed E-state index contributed by atoms with van der Waals surface area (Å²) in [6, 6.07) is 4.27. The fraction of sp³-hybridized carbons (Fsp3) is 0.632. The maximum absolute atomic E-state index is 13.3. The molecule has 1 aromatic rings. The molecule has 1 aliphatic rings. The Labute approximate surface area is 150 Å². The summed E-state index contributed by atoms with van der Waals surface area (Å²) in [5, 5.41) is 9.71. The number of nitrogens with zero attached hydrogens (tertiary/aromatic N) is 3. The van der Waals surface area contributed by atoms with Crippen LogP contribution in [-0.2, 0) is 0 Å². The quantitative estimate of drug-likeness (QED) is 0.805. The van der Waals surface area contributed by atoms with Gasteiger partial charge in [0.25, 0.3) is 5.91 Å². The highest BCUT2D eigenvalue weighted by molar-refractivity contribution is 5.95. The van der Waals surface area contributed by atoms with E-state index in [2.05, 4.69) is 16.8 Å². The summed E-state index contributed by atoms with van der Waals surface area (Å²) >= 11 is 0. The molecular weight excluding hydrogens is 321 g/mol. The Bertz CT molecular complexity index is 594. The third-order valence-corrected chi connectivity index (χ3v) is 4.99. The van der Waals surface area contributed by atoms with E-state index in [9.17, 15) is 14.3 Å². The predicted molar refractivity (Wildman–Crippen MR) is 97.2 cm³/mol. The van der Waals surface area contributed by atoms with Crippen LogP contribution in [0.4, 0.5) is 4.39 Å². The number of halogens is 1. The zero-order valence-corrected chi connectivity index (χ0v) is 15.7. The smallest absolute Gasteiger partial charge is 0.254 e. The Morgan fingerprint density at radius 1 is 1.24 bits per heavy atom. The van der Waals surface area contributed by atoms with Gasteiger partial charge in [0.1, 0.15) is 5.82 Å². The number of aliphatic hydroxyl groups excluding tert-OH is 1. The molecule has 0 aromatic heterocycles. The van der Waals surface area contributed by atoms with Gasteiger partial charge in [-0.2, -0.15) is 0 Å². The van der Waals surface area contributed by atoms with Crippen LogP contribution in [-0.4, -0.2) is 86.2 Å². The minimum absolute atomic E-state index is 0.0746. The van der Waals surface area contributed by atoms with Crippen molar-refractivity contribution in [3.63, 3.8) is 0 Å². The van der Waals surface area contributed by atoms with Crippen molar-refractivity contribution in [3.8, 4) is 0 Å². The van der Waals surface area contributed by atoms with Crippen LogP contribution < -0.4 is 0 Å². The van der Waals surface area contributed by atoms with Crippen molar-refractivity contribution < 1.29 is 14.3 Å². The van der Waals surface area contributed by atoms with Gasteiger partial charge in [-0.05, 0) is 57.7 Å². The molecule has 0 aliphatic carbocycles. The topological polar surface area (TPSA) is 47.0 Å². The lowest BCUT2D eigenvalue weighted by molar-refractivity contribution is 0.0778. The van der Waals surface area contributed by atoms with Gasteiger partial charge in [0, 0.05) is 50.8 Å². The molecule has 5 nitrogen and oxygen atoms in total. The lowest BCUT2D eigenvalue weighted by atomic mass is 9.96. The summed E-state index contributed by atoms with van der Waals surface area (Å²) < 4.78 is 13.3. The van der Waals surface area contributed by atoms with E-state index in [1.54, 1.807) is 17.9 Å². The van der Waals surface area contributed by atoms with E-state index in [1.807, 2.05) is 14.1 Å². The van der Waals surface area contributed by atoms with Gasteiger partial charge in [0.15, 0.2) is 0 Å². The predicted octanol–water partition coefficient (Wildman–Crippen LogP) is 1.31. The number of hydrogen-bond donors (Lipinski definition) is 1. The first kappa shape index (κ1) is 19.8. The maximum Gasteiger partial charge on any atom is 0.254 e. The number of amides is 1. The molecule has 25 heavy (non-hydrogen) atoms. The second kappa shape index (κ2) is 8.74. The molecule has 6 heteroatoms. The highest BCUT2D eigenvalue weighted by Crippen LogP contribution is 2.26. The third-order valence-electron chi connectivity index (χ3n) is 4.99. The standard InChI is InChI=1S/C19H30FN3O2/c1-14-9-17(20)5-6-18(14)19(25)23-11-15(16(12-23)13-24)10-22(4)8-7-21(2)3/h5-6,9,15-16,24H,7-8,10-13H2,1-4H3/t15-,16-/m1/s1. The number of aryl methyl sites for hydroxylation is 1. The second-order valence-electron chi connectivity index (χ2n) is 7.44. The van der Waals surface area contributed by atoms with Crippen molar-refractivity contribution in [2.24, 2.45) is 11.8 Å². The normalized spacial score (nSPS) is 20.7. The van der Waals surface area contributed by atoms with Crippen molar-refractivity contribution >= 4 is 5.91 Å². The lowest BCUT2D eigenvalue weighted by Gasteiger charge is -2.25. The van der Waals surface area contributed by atoms with Crippen LogP contribution in [0.1, 0.15) is 15.9 Å². The molecule has 0 saturated carbocycles. The highest BCUT2D eigenvalue weighted by Gasteiger charge is 2.35. The fourth-order valence-corrected chi connectivity index (χ4v) is 3.42. The molecule has 0 unspecified atom stereocenters. The van der Waals surface area contributed by atoms with Crippen molar-refractivity contribution in [1.82, 2.24) is 14.7 Å². The van der Waals surface area contributed by atoms with Crippen molar-refractivity contribution in [1.29, 1.82) is 0 Å². The molecule has 0 bridgehead atoms. The van der Waals surface area contributed by atoms with Crippen molar-refractivity contribution in [3.05, 3.63) is 35.1 Å². The molecule has 2 atom stereocenters. The summed E-state index contributed by atoms with van der Waals surface area (Å²) in [4.78, 5) is 19.0. The van der Waals surface area contributed by atoms with Gasteiger partial charge in [-0.15, -0.1) is 0 Å². The first-order chi connectivity index (χ1) is 11.8. The van der Waals surface area contributed by atoms with Crippen LogP contribution >= 0.6 is 0 Å². The van der Waals surface area contributed by atoms with E-state index in [0.717, 1.165) is 19.6 Å². The molecule has 0 spiro atoms. The lowest BCUT2D eigenvalue weighted by Crippen LogP contribution is -2.35. The van der Waals surface area contributed by atoms with Gasteiger partial charge in [-0.25, -0.2) is 4.39 Å². The third kappa shape index (κ3) is 5.23. The van der Waals surface area contributed by atoms with Crippen LogP contribution in [0.5, 0.6) is 0 Å². The van der Waals surface area contributed by atoms with Gasteiger partial charge in [-0.3, -0.25) is 4.79 Å². The molecule has 1 aliphatic heterocycles. The van der Waals surface area contributed by atoms with E-state index in [4.69, 9.17) is 0 Å². The maximum atomic E-state index is 13.3. The minimum Gasteiger partial charge on any atom is -0.396 e. The number of carbonyl (C=O) groups is 1. The number of rotatable bonds is 7. The Balaban J connectivity index is 2.01. The average Bonchev–Trinajstić information content (AvgIpc) is 2.95. The van der Waals surface area contributed by atoms with Gasteiger partial charge < -0.3 is 19.8 Å². The summed E-state index contributed by atoms with van der Waals surface area (Å²) in [6.45, 7) is 5.80. The molecule has 1 heterocycles. The molecule has 2 rings (SSSR count). The Hall–Kier alpha value is -1.50. The van der Waals surface area contributed by atoms with E-state index >= 15 is 0 Å². The van der Waals surface area contributed by atoms with Crippen molar-refractivity contribution in [2.75, 3.05) is 60.5 Å². The molecule has 1 N–H and O–H groups in total. The number of carbonyl (C=O) groups excluding carboxylic acids is 1. The van der Waals surface area contributed by atoms with E-state index in [-0.39, 0.29) is 30.2 Å². The fourth-order valence-electron chi connectivity index (χ4n) is 3.42. The number of aliphatic hydroxyl groups is 1. The van der Waals surface area contributed by atoms with E-state index in [1.165, 1.54) is 12.1 Å². The summed E-state index contributed by atoms with van der Waals surface area (Å²) in [5.41, 5.74) is 1.19. The highest BCUT2D eigenvalue weighted by atomic mass is 19.1. The summed E-state index contributed by atoms with van der Waals surface area (Å²) in [5.74, 6) is -0.0631. The molecular formula is C19H30FN3O2. The first-order valence-electron chi connectivity index (χ1n) is 8.81. The molecule has 1 fully saturated rings. The van der Waals surface area contributed by atoms with Crippen molar-refractivity contribution in [2.45, 2.75) is 6.92 Å². The van der Waals surface area contributed by atoms with Crippen LogP contribution in [0.25, 0.3) is 0 Å². The molecule has 140 valence electrons. The SMILES string of the molecule is Cc1cc(F)ccc1C(=O)N1C[C@@H](CN(C)CCN(C)C)[C@@H](CO)C1. The summed E-state index contributed by atoms with van der Waals surface area (Å²) in [6.07, 6.45) is 0. The number of hydrogen-bond acceptors (Lipinski definition) is 4. The monoisotopic (exact) mass is 351 g/mol. The van der Waals surface area contributed by atoms with Gasteiger partial charge in [-0.1, -0.05) is 0 Å². The van der Waals surface area contributed by atoms with E-state index < -0.39 is 0 Å². The zero-order chi connectivity index (χ0) is 18.6. The molecule has 1 saturated heterocycles. The molecule has 0 radical (unpaired) electrons. The Morgan fingerprint density at radius 3 is 2.52 bits per heavy atom. The van der Waals surface area contributed by atoms with Gasteiger partial charge >= 0.3 is 0 Å². The van der Waals surface area contributed by atoms with Crippen LogP contribution in [0, 0.1) is 24.6 Å². The molecule has 1 aromatic carbocycles. The second-order valence-corrected chi connectivity index (χ2v) is 7.44. The number of likely N-dealkylation sites (tertiary alicyclic amines) is 1. The van der Waals surface area contributed by atoms with Crippen LogP contribution in [0.2, 0.25) is 0 Å². The largest absolute Gasteiger partial charge is 0.396 e. The minimum atomic E-state index is -0.330. The average molecular weight is 351 g/mol. The first-order valence-corrected chi connectivity index (χ1v) is 8.81.